The van der Waals surface area contributed by atoms with Gasteiger partial charge in [-0.15, -0.1) is 0 Å². The standard InChI is InChI=1S/C14H16F2O/c1-10(8-15)6-12-4-5-14(13(16)7-12)17-9-11-2-3-11/h4-5,7-8,11H,2-3,6,9H2,1H3/b10-8-. The molecule has 0 radical (unpaired) electrons. The summed E-state index contributed by atoms with van der Waals surface area (Å²) in [7, 11) is 0. The van der Waals surface area contributed by atoms with E-state index in [2.05, 4.69) is 0 Å². The number of ether oxygens (including phenoxy) is 1. The summed E-state index contributed by atoms with van der Waals surface area (Å²) >= 11 is 0. The van der Waals surface area contributed by atoms with E-state index in [-0.39, 0.29) is 5.82 Å². The quantitative estimate of drug-likeness (QED) is 0.752. The second-order valence-corrected chi connectivity index (χ2v) is 4.65. The van der Waals surface area contributed by atoms with Crippen LogP contribution in [-0.4, -0.2) is 6.61 Å². The van der Waals surface area contributed by atoms with Crippen molar-refractivity contribution in [1.29, 1.82) is 0 Å². The Morgan fingerprint density at radius 1 is 1.47 bits per heavy atom. The second-order valence-electron chi connectivity index (χ2n) is 4.65. The van der Waals surface area contributed by atoms with E-state index >= 15 is 0 Å². The van der Waals surface area contributed by atoms with Gasteiger partial charge in [-0.25, -0.2) is 8.78 Å². The zero-order chi connectivity index (χ0) is 12.3. The first-order valence-electron chi connectivity index (χ1n) is 5.86. The van der Waals surface area contributed by atoms with Crippen molar-refractivity contribution in [1.82, 2.24) is 0 Å². The normalized spacial score (nSPS) is 16.1. The van der Waals surface area contributed by atoms with E-state index in [4.69, 9.17) is 4.74 Å². The number of rotatable bonds is 5. The molecule has 0 spiro atoms. The summed E-state index contributed by atoms with van der Waals surface area (Å²) in [6, 6.07) is 4.81. The Labute approximate surface area is 100 Å². The van der Waals surface area contributed by atoms with E-state index in [1.807, 2.05) is 0 Å². The lowest BCUT2D eigenvalue weighted by atomic mass is 10.1. The smallest absolute Gasteiger partial charge is 0.165 e. The summed E-state index contributed by atoms with van der Waals surface area (Å²) in [5.41, 5.74) is 1.34. The molecule has 0 unspecified atom stereocenters. The second kappa shape index (κ2) is 5.30. The van der Waals surface area contributed by atoms with E-state index in [1.54, 1.807) is 19.1 Å². The molecule has 1 aromatic carbocycles. The molecule has 92 valence electrons. The molecule has 1 aliphatic carbocycles. The average Bonchev–Trinajstić information content (AvgIpc) is 3.12. The summed E-state index contributed by atoms with van der Waals surface area (Å²) in [6.07, 6.45) is 3.34. The maximum atomic E-state index is 13.6. The summed E-state index contributed by atoms with van der Waals surface area (Å²) in [5, 5.41) is 0. The highest BCUT2D eigenvalue weighted by atomic mass is 19.1. The zero-order valence-electron chi connectivity index (χ0n) is 9.88. The van der Waals surface area contributed by atoms with Gasteiger partial charge in [-0.3, -0.25) is 0 Å². The number of hydrogen-bond donors (Lipinski definition) is 0. The van der Waals surface area contributed by atoms with Crippen molar-refractivity contribution in [2.24, 2.45) is 5.92 Å². The van der Waals surface area contributed by atoms with Crippen LogP contribution in [0.25, 0.3) is 0 Å². The highest BCUT2D eigenvalue weighted by Crippen LogP contribution is 2.30. The van der Waals surface area contributed by atoms with Crippen LogP contribution >= 0.6 is 0 Å². The maximum absolute atomic E-state index is 13.6. The number of allylic oxidation sites excluding steroid dienone is 1. The molecule has 2 rings (SSSR count). The lowest BCUT2D eigenvalue weighted by Gasteiger charge is -2.08. The fraction of sp³-hybridized carbons (Fsp3) is 0.429. The molecular formula is C14H16F2O. The van der Waals surface area contributed by atoms with Crippen LogP contribution < -0.4 is 4.74 Å². The molecule has 0 bridgehead atoms. The highest BCUT2D eigenvalue weighted by molar-refractivity contribution is 5.31. The van der Waals surface area contributed by atoms with E-state index in [0.29, 0.717) is 36.6 Å². The first-order chi connectivity index (χ1) is 8.19. The van der Waals surface area contributed by atoms with Crippen LogP contribution in [0.4, 0.5) is 8.78 Å². The number of benzene rings is 1. The first kappa shape index (κ1) is 12.1. The van der Waals surface area contributed by atoms with Gasteiger partial charge in [0.1, 0.15) is 0 Å². The minimum Gasteiger partial charge on any atom is -0.490 e. The van der Waals surface area contributed by atoms with Crippen LogP contribution in [-0.2, 0) is 6.42 Å². The summed E-state index contributed by atoms with van der Waals surface area (Å²) in [5.74, 6) is 0.531. The number of halogens is 2. The molecule has 0 amide bonds. The monoisotopic (exact) mass is 238 g/mol. The van der Waals surface area contributed by atoms with Gasteiger partial charge in [0.05, 0.1) is 12.9 Å². The molecule has 17 heavy (non-hydrogen) atoms. The third kappa shape index (κ3) is 3.55. The molecule has 1 aliphatic rings. The zero-order valence-corrected chi connectivity index (χ0v) is 9.88. The third-order valence-electron chi connectivity index (χ3n) is 2.84. The van der Waals surface area contributed by atoms with Crippen LogP contribution in [0.15, 0.2) is 30.1 Å². The maximum Gasteiger partial charge on any atom is 0.165 e. The minimum absolute atomic E-state index is 0.294. The Bertz CT molecular complexity index is 422. The fourth-order valence-electron chi connectivity index (χ4n) is 1.62. The van der Waals surface area contributed by atoms with Crippen LogP contribution in [0.3, 0.4) is 0 Å². The van der Waals surface area contributed by atoms with Crippen molar-refractivity contribution in [3.8, 4) is 5.75 Å². The van der Waals surface area contributed by atoms with Gasteiger partial charge in [0.25, 0.3) is 0 Å². The number of hydrogen-bond acceptors (Lipinski definition) is 1. The van der Waals surface area contributed by atoms with Crippen molar-refractivity contribution in [2.45, 2.75) is 26.2 Å². The van der Waals surface area contributed by atoms with Crippen molar-refractivity contribution in [2.75, 3.05) is 6.61 Å². The molecule has 0 atom stereocenters. The van der Waals surface area contributed by atoms with Gasteiger partial charge in [0.15, 0.2) is 11.6 Å². The van der Waals surface area contributed by atoms with Crippen molar-refractivity contribution < 1.29 is 13.5 Å². The van der Waals surface area contributed by atoms with Crippen LogP contribution in [0, 0.1) is 11.7 Å². The largest absolute Gasteiger partial charge is 0.490 e. The van der Waals surface area contributed by atoms with Gasteiger partial charge in [-0.1, -0.05) is 6.07 Å². The van der Waals surface area contributed by atoms with Gasteiger partial charge in [-0.05, 0) is 55.4 Å². The molecule has 1 fully saturated rings. The van der Waals surface area contributed by atoms with E-state index < -0.39 is 0 Å². The molecular weight excluding hydrogens is 222 g/mol. The molecule has 0 heterocycles. The first-order valence-corrected chi connectivity index (χ1v) is 5.86. The molecule has 0 N–H and O–H groups in total. The molecule has 0 saturated heterocycles. The van der Waals surface area contributed by atoms with Gasteiger partial charge in [-0.2, -0.15) is 0 Å². The fourth-order valence-corrected chi connectivity index (χ4v) is 1.62. The van der Waals surface area contributed by atoms with Gasteiger partial charge < -0.3 is 4.74 Å². The molecule has 0 aromatic heterocycles. The Hall–Kier alpha value is -1.38. The van der Waals surface area contributed by atoms with Gasteiger partial charge in [0.2, 0.25) is 0 Å². The summed E-state index contributed by atoms with van der Waals surface area (Å²) in [4.78, 5) is 0. The van der Waals surface area contributed by atoms with E-state index in [0.717, 1.165) is 5.56 Å². The summed E-state index contributed by atoms with van der Waals surface area (Å²) < 4.78 is 31.2. The van der Waals surface area contributed by atoms with Crippen molar-refractivity contribution in [3.05, 3.63) is 41.5 Å². The minimum atomic E-state index is -0.366. The van der Waals surface area contributed by atoms with Crippen LogP contribution in [0.1, 0.15) is 25.3 Å². The Morgan fingerprint density at radius 3 is 2.82 bits per heavy atom. The average molecular weight is 238 g/mol. The predicted molar refractivity (Wildman–Crippen MR) is 63.2 cm³/mol. The van der Waals surface area contributed by atoms with E-state index in [1.165, 1.54) is 18.9 Å². The third-order valence-corrected chi connectivity index (χ3v) is 2.84. The summed E-state index contributed by atoms with van der Waals surface area (Å²) in [6.45, 7) is 2.27. The Kier molecular flexibility index (Phi) is 3.77. The lowest BCUT2D eigenvalue weighted by molar-refractivity contribution is 0.285. The van der Waals surface area contributed by atoms with E-state index in [9.17, 15) is 8.78 Å². The topological polar surface area (TPSA) is 9.23 Å². The van der Waals surface area contributed by atoms with Crippen LogP contribution in [0.2, 0.25) is 0 Å². The van der Waals surface area contributed by atoms with Crippen molar-refractivity contribution >= 4 is 0 Å². The van der Waals surface area contributed by atoms with Crippen molar-refractivity contribution in [3.63, 3.8) is 0 Å². The molecule has 1 nitrogen and oxygen atoms in total. The predicted octanol–water partition coefficient (Wildman–Crippen LogP) is 4.03. The molecule has 0 aliphatic heterocycles. The Balaban J connectivity index is 1.99. The van der Waals surface area contributed by atoms with Gasteiger partial charge >= 0.3 is 0 Å². The highest BCUT2D eigenvalue weighted by Gasteiger charge is 2.22. The van der Waals surface area contributed by atoms with Gasteiger partial charge in [0, 0.05) is 0 Å². The molecule has 1 aromatic rings. The Morgan fingerprint density at radius 2 is 2.24 bits per heavy atom. The molecule has 1 saturated carbocycles. The SMILES string of the molecule is C/C(=C/F)Cc1ccc(OCC2CC2)c(F)c1. The lowest BCUT2D eigenvalue weighted by Crippen LogP contribution is -2.01. The molecule has 3 heteroatoms. The van der Waals surface area contributed by atoms with Crippen LogP contribution in [0.5, 0.6) is 5.75 Å².